The summed E-state index contributed by atoms with van der Waals surface area (Å²) in [5, 5.41) is 27.4. The van der Waals surface area contributed by atoms with Crippen molar-refractivity contribution in [3.63, 3.8) is 0 Å². The molecule has 2 atom stereocenters. The van der Waals surface area contributed by atoms with Crippen LogP contribution >= 0.6 is 0 Å². The lowest BCUT2D eigenvalue weighted by Crippen LogP contribution is -2.31. The highest BCUT2D eigenvalue weighted by molar-refractivity contribution is 5.88. The minimum Gasteiger partial charge on any atom is -0.477 e. The number of hydrogen-bond donors (Lipinski definition) is 3. The molecular weight excluding hydrogens is 316 g/mol. The number of carboxylic acids is 1. The van der Waals surface area contributed by atoms with Crippen molar-refractivity contribution in [3.8, 4) is 0 Å². The van der Waals surface area contributed by atoms with Gasteiger partial charge >= 0.3 is 11.9 Å². The molecule has 0 amide bonds. The van der Waals surface area contributed by atoms with Crippen molar-refractivity contribution in [2.24, 2.45) is 0 Å². The molecule has 6 nitrogen and oxygen atoms in total. The second kappa shape index (κ2) is 6.71. The van der Waals surface area contributed by atoms with Gasteiger partial charge in [-0.05, 0) is 6.92 Å². The van der Waals surface area contributed by atoms with Crippen LogP contribution in [0.5, 0.6) is 0 Å². The van der Waals surface area contributed by atoms with Gasteiger partial charge in [0, 0.05) is 0 Å². The molecule has 1 rings (SSSR count). The van der Waals surface area contributed by atoms with E-state index in [1.54, 1.807) is 0 Å². The Hall–Kier alpha value is -2.20. The summed E-state index contributed by atoms with van der Waals surface area (Å²) in [6.45, 7) is 1.09. The van der Waals surface area contributed by atoms with E-state index in [4.69, 9.17) is 5.11 Å². The summed E-state index contributed by atoms with van der Waals surface area (Å²) < 4.78 is 58.5. The zero-order chi connectivity index (χ0) is 17.2. The first-order valence-electron chi connectivity index (χ1n) is 5.76. The van der Waals surface area contributed by atoms with Crippen LogP contribution in [0.3, 0.4) is 0 Å². The Morgan fingerprint density at radius 1 is 1.05 bits per heavy atom. The molecule has 2 unspecified atom stereocenters. The molecule has 122 valence electrons. The number of carbonyl (C=O) groups is 2. The van der Waals surface area contributed by atoms with Crippen LogP contribution in [0.15, 0.2) is 0 Å². The fourth-order valence-corrected chi connectivity index (χ4v) is 1.61. The fourth-order valence-electron chi connectivity index (χ4n) is 1.61. The van der Waals surface area contributed by atoms with E-state index in [9.17, 15) is 37.4 Å². The van der Waals surface area contributed by atoms with Gasteiger partial charge in [-0.2, -0.15) is 0 Å². The molecule has 0 heterocycles. The van der Waals surface area contributed by atoms with Gasteiger partial charge in [-0.15, -0.1) is 0 Å². The van der Waals surface area contributed by atoms with E-state index in [0.717, 1.165) is 0 Å². The second-order valence-corrected chi connectivity index (χ2v) is 3.99. The highest BCUT2D eigenvalue weighted by Crippen LogP contribution is 2.30. The number of aliphatic hydroxyl groups excluding tert-OH is 2. The third-order valence-electron chi connectivity index (χ3n) is 2.63. The maximum absolute atomic E-state index is 13.7. The van der Waals surface area contributed by atoms with Gasteiger partial charge < -0.3 is 20.1 Å². The van der Waals surface area contributed by atoms with Crippen LogP contribution in [-0.4, -0.2) is 40.0 Å². The molecule has 0 aromatic heterocycles. The highest BCUT2D eigenvalue weighted by Gasteiger charge is 2.37. The lowest BCUT2D eigenvalue weighted by Gasteiger charge is -2.19. The summed E-state index contributed by atoms with van der Waals surface area (Å²) in [6.07, 6.45) is -5.23. The Morgan fingerprint density at radius 3 is 1.86 bits per heavy atom. The monoisotopic (exact) mass is 326 g/mol. The maximum atomic E-state index is 13.7. The number of aromatic carboxylic acids is 1. The standard InChI is InChI=1S/C12H10F4O6/c1-2-22-12(21)10(18)9(17)3-5(13)7(15)4(11(19)20)8(16)6(3)14/h9-10,17-18H,2H2,1H3,(H,19,20). The van der Waals surface area contributed by atoms with Crippen LogP contribution in [-0.2, 0) is 9.53 Å². The summed E-state index contributed by atoms with van der Waals surface area (Å²) in [5.74, 6) is -12.8. The number of hydrogen-bond acceptors (Lipinski definition) is 5. The van der Waals surface area contributed by atoms with Crippen LogP contribution in [0, 0.1) is 23.3 Å². The first-order valence-corrected chi connectivity index (χ1v) is 5.76. The van der Waals surface area contributed by atoms with Crippen LogP contribution < -0.4 is 0 Å². The third-order valence-corrected chi connectivity index (χ3v) is 2.63. The molecule has 1 aromatic carbocycles. The molecule has 0 aliphatic heterocycles. The molecule has 0 saturated heterocycles. The first-order chi connectivity index (χ1) is 10.1. The predicted octanol–water partition coefficient (Wildman–Crippen LogP) is 0.899. The Labute approximate surface area is 120 Å². The zero-order valence-corrected chi connectivity index (χ0v) is 10.9. The number of rotatable bonds is 5. The summed E-state index contributed by atoms with van der Waals surface area (Å²) in [5.41, 5.74) is -3.63. The number of aliphatic hydroxyl groups is 2. The van der Waals surface area contributed by atoms with Crippen molar-refractivity contribution in [1.82, 2.24) is 0 Å². The average molecular weight is 326 g/mol. The molecule has 0 bridgehead atoms. The molecule has 22 heavy (non-hydrogen) atoms. The van der Waals surface area contributed by atoms with Crippen molar-refractivity contribution in [1.29, 1.82) is 0 Å². The molecule has 0 spiro atoms. The van der Waals surface area contributed by atoms with Crippen molar-refractivity contribution in [2.45, 2.75) is 19.1 Å². The van der Waals surface area contributed by atoms with Gasteiger partial charge in [0.1, 0.15) is 11.7 Å². The SMILES string of the molecule is CCOC(=O)C(O)C(O)c1c(F)c(F)c(C(=O)O)c(F)c1F. The van der Waals surface area contributed by atoms with Gasteiger partial charge in [0.15, 0.2) is 29.4 Å². The molecule has 0 saturated carbocycles. The van der Waals surface area contributed by atoms with Crippen molar-refractivity contribution >= 4 is 11.9 Å². The molecular formula is C12H10F4O6. The number of carboxylic acid groups (broad SMARTS) is 1. The van der Waals surface area contributed by atoms with Gasteiger partial charge in [-0.3, -0.25) is 0 Å². The van der Waals surface area contributed by atoms with Crippen molar-refractivity contribution in [2.75, 3.05) is 6.61 Å². The van der Waals surface area contributed by atoms with E-state index >= 15 is 0 Å². The molecule has 10 heteroatoms. The molecule has 0 aliphatic carbocycles. The normalized spacial score (nSPS) is 13.6. The van der Waals surface area contributed by atoms with Crippen LogP contribution in [0.2, 0.25) is 0 Å². The van der Waals surface area contributed by atoms with Crippen LogP contribution in [0.25, 0.3) is 0 Å². The van der Waals surface area contributed by atoms with Crippen molar-refractivity contribution < 1.29 is 47.2 Å². The summed E-state index contributed by atoms with van der Waals surface area (Å²) in [7, 11) is 0. The summed E-state index contributed by atoms with van der Waals surface area (Å²) in [6, 6.07) is 0. The van der Waals surface area contributed by atoms with Gasteiger partial charge in [0.25, 0.3) is 0 Å². The van der Waals surface area contributed by atoms with E-state index in [2.05, 4.69) is 4.74 Å². The molecule has 0 aliphatic rings. The molecule has 1 aromatic rings. The van der Waals surface area contributed by atoms with Gasteiger partial charge in [0.05, 0.1) is 12.2 Å². The average Bonchev–Trinajstić information content (AvgIpc) is 2.44. The number of esters is 1. The van der Waals surface area contributed by atoms with Crippen molar-refractivity contribution in [3.05, 3.63) is 34.4 Å². The van der Waals surface area contributed by atoms with Gasteiger partial charge in [-0.1, -0.05) is 0 Å². The van der Waals surface area contributed by atoms with E-state index < -0.39 is 58.5 Å². The minimum atomic E-state index is -2.70. The lowest BCUT2D eigenvalue weighted by molar-refractivity contribution is -0.159. The third kappa shape index (κ3) is 3.02. The summed E-state index contributed by atoms with van der Waals surface area (Å²) in [4.78, 5) is 21.7. The number of ether oxygens (including phenoxy) is 1. The predicted molar refractivity (Wildman–Crippen MR) is 60.8 cm³/mol. The number of carbonyl (C=O) groups excluding carboxylic acids is 1. The smallest absolute Gasteiger partial charge is 0.341 e. The molecule has 3 N–H and O–H groups in total. The maximum Gasteiger partial charge on any atom is 0.341 e. The van der Waals surface area contributed by atoms with Crippen LogP contribution in [0.1, 0.15) is 28.9 Å². The number of benzene rings is 1. The Bertz CT molecular complexity index is 589. The van der Waals surface area contributed by atoms with E-state index in [1.807, 2.05) is 0 Å². The summed E-state index contributed by atoms with van der Waals surface area (Å²) >= 11 is 0. The van der Waals surface area contributed by atoms with Crippen LogP contribution in [0.4, 0.5) is 17.6 Å². The fraction of sp³-hybridized carbons (Fsp3) is 0.333. The topological polar surface area (TPSA) is 104 Å². The van der Waals surface area contributed by atoms with E-state index in [1.165, 1.54) is 6.92 Å². The van der Waals surface area contributed by atoms with Gasteiger partial charge in [-0.25, -0.2) is 27.2 Å². The highest BCUT2D eigenvalue weighted by atomic mass is 19.2. The number of halogens is 4. The van der Waals surface area contributed by atoms with E-state index in [-0.39, 0.29) is 6.61 Å². The quantitative estimate of drug-likeness (QED) is 0.422. The minimum absolute atomic E-state index is 0.242. The Morgan fingerprint density at radius 2 is 1.50 bits per heavy atom. The molecule has 0 radical (unpaired) electrons. The lowest BCUT2D eigenvalue weighted by atomic mass is 9.99. The molecule has 0 fully saturated rings. The van der Waals surface area contributed by atoms with Gasteiger partial charge in [0.2, 0.25) is 0 Å². The Balaban J connectivity index is 3.43. The van der Waals surface area contributed by atoms with E-state index in [0.29, 0.717) is 0 Å². The second-order valence-electron chi connectivity index (χ2n) is 3.99. The zero-order valence-electron chi connectivity index (χ0n) is 10.9. The Kier molecular flexibility index (Phi) is 5.44. The first kappa shape index (κ1) is 17.9. The largest absolute Gasteiger partial charge is 0.477 e.